The van der Waals surface area contributed by atoms with E-state index in [1.165, 1.54) is 0 Å². The van der Waals surface area contributed by atoms with E-state index in [1.807, 2.05) is 60.7 Å². The molecule has 0 bridgehead atoms. The van der Waals surface area contributed by atoms with Gasteiger partial charge in [0.05, 0.1) is 6.04 Å². The number of nitrogens with one attached hydrogen (secondary N) is 2. The van der Waals surface area contributed by atoms with Crippen LogP contribution in [0.2, 0.25) is 0 Å². The fourth-order valence-corrected chi connectivity index (χ4v) is 2.23. The number of urea groups is 1. The smallest absolute Gasteiger partial charge is 0.407 e. The first-order valence-electron chi connectivity index (χ1n) is 7.68. The van der Waals surface area contributed by atoms with Gasteiger partial charge in [-0.05, 0) is 17.5 Å². The van der Waals surface area contributed by atoms with Gasteiger partial charge < -0.3 is 21.1 Å². The number of ether oxygens (including phenoxy) is 1. The van der Waals surface area contributed by atoms with Crippen LogP contribution in [0, 0.1) is 0 Å². The molecule has 0 radical (unpaired) electrons. The molecule has 6 nitrogen and oxygen atoms in total. The van der Waals surface area contributed by atoms with Crippen molar-refractivity contribution in [2.45, 2.75) is 19.1 Å². The lowest BCUT2D eigenvalue weighted by Gasteiger charge is -2.19. The number of alkyl carbamates (subject to hydrolysis) is 1. The molecule has 0 saturated carbocycles. The third kappa shape index (κ3) is 6.39. The predicted octanol–water partition coefficient (Wildman–Crippen LogP) is 2.19. The summed E-state index contributed by atoms with van der Waals surface area (Å²) in [6.07, 6.45) is 0.0210. The summed E-state index contributed by atoms with van der Waals surface area (Å²) in [5.74, 6) is 0. The summed E-state index contributed by atoms with van der Waals surface area (Å²) in [5, 5.41) is 5.27. The number of carbonyl (C=O) groups is 2. The first-order valence-corrected chi connectivity index (χ1v) is 7.68. The predicted molar refractivity (Wildman–Crippen MR) is 91.3 cm³/mol. The number of hydrogen-bond acceptors (Lipinski definition) is 3. The summed E-state index contributed by atoms with van der Waals surface area (Å²) >= 11 is 0. The maximum Gasteiger partial charge on any atom is 0.407 e. The van der Waals surface area contributed by atoms with E-state index in [2.05, 4.69) is 10.6 Å². The van der Waals surface area contributed by atoms with Gasteiger partial charge in [-0.15, -0.1) is 0 Å². The molecule has 3 amide bonds. The molecule has 0 heterocycles. The summed E-state index contributed by atoms with van der Waals surface area (Å²) in [5.41, 5.74) is 7.05. The maximum atomic E-state index is 12.0. The average molecular weight is 327 g/mol. The van der Waals surface area contributed by atoms with Crippen molar-refractivity contribution in [2.24, 2.45) is 5.73 Å². The molecule has 2 aromatic carbocycles. The van der Waals surface area contributed by atoms with Crippen molar-refractivity contribution in [3.63, 3.8) is 0 Å². The Bertz CT molecular complexity index is 647. The summed E-state index contributed by atoms with van der Waals surface area (Å²) in [4.78, 5) is 22.9. The minimum atomic E-state index is -0.632. The number of carbonyl (C=O) groups excluding carboxylic acids is 2. The number of primary amides is 1. The van der Waals surface area contributed by atoms with E-state index in [0.717, 1.165) is 11.1 Å². The quantitative estimate of drug-likeness (QED) is 0.727. The molecular formula is C18H21N3O3. The number of benzene rings is 2. The third-order valence-corrected chi connectivity index (χ3v) is 3.38. The summed E-state index contributed by atoms with van der Waals surface area (Å²) in [7, 11) is 0. The topological polar surface area (TPSA) is 93.5 Å². The van der Waals surface area contributed by atoms with Crippen LogP contribution in [-0.4, -0.2) is 24.7 Å². The van der Waals surface area contributed by atoms with Crippen LogP contribution in [0.4, 0.5) is 9.59 Å². The Balaban J connectivity index is 1.88. The van der Waals surface area contributed by atoms with E-state index in [1.54, 1.807) is 0 Å². The van der Waals surface area contributed by atoms with Crippen LogP contribution < -0.4 is 16.4 Å². The molecule has 0 fully saturated rings. The van der Waals surface area contributed by atoms with E-state index in [9.17, 15) is 9.59 Å². The molecule has 1 atom stereocenters. The second kappa shape index (κ2) is 9.19. The molecule has 4 N–H and O–H groups in total. The van der Waals surface area contributed by atoms with Crippen molar-refractivity contribution in [1.29, 1.82) is 0 Å². The zero-order valence-electron chi connectivity index (χ0n) is 13.3. The zero-order valence-corrected chi connectivity index (χ0v) is 13.3. The minimum Gasteiger partial charge on any atom is -0.445 e. The number of nitrogens with two attached hydrogens (primary N) is 1. The number of rotatable bonds is 7. The number of hydrogen-bond donors (Lipinski definition) is 3. The summed E-state index contributed by atoms with van der Waals surface area (Å²) in [6, 6.07) is 18.1. The highest BCUT2D eigenvalue weighted by Crippen LogP contribution is 2.04. The average Bonchev–Trinajstić information content (AvgIpc) is 2.60. The first kappa shape index (κ1) is 17.3. The molecule has 0 aliphatic heterocycles. The first-order chi connectivity index (χ1) is 11.6. The Morgan fingerprint density at radius 2 is 1.54 bits per heavy atom. The Morgan fingerprint density at radius 1 is 0.958 bits per heavy atom. The minimum absolute atomic E-state index is 0.188. The van der Waals surface area contributed by atoms with Gasteiger partial charge in [0, 0.05) is 6.54 Å². The highest BCUT2D eigenvalue weighted by Gasteiger charge is 2.14. The largest absolute Gasteiger partial charge is 0.445 e. The van der Waals surface area contributed by atoms with Crippen molar-refractivity contribution >= 4 is 12.1 Å². The van der Waals surface area contributed by atoms with Crippen LogP contribution in [0.3, 0.4) is 0 Å². The molecule has 0 saturated heterocycles. The van der Waals surface area contributed by atoms with Crippen molar-refractivity contribution in [3.8, 4) is 0 Å². The van der Waals surface area contributed by atoms with Gasteiger partial charge in [-0.25, -0.2) is 9.59 Å². The van der Waals surface area contributed by atoms with Gasteiger partial charge >= 0.3 is 12.1 Å². The Hall–Kier alpha value is -3.02. The lowest BCUT2D eigenvalue weighted by molar-refractivity contribution is 0.135. The Morgan fingerprint density at radius 3 is 2.12 bits per heavy atom. The van der Waals surface area contributed by atoms with Gasteiger partial charge in [0.25, 0.3) is 0 Å². The van der Waals surface area contributed by atoms with Crippen LogP contribution in [0.15, 0.2) is 60.7 Å². The van der Waals surface area contributed by atoms with Gasteiger partial charge in [0.2, 0.25) is 0 Å². The van der Waals surface area contributed by atoms with Crippen LogP contribution in [0.1, 0.15) is 11.1 Å². The second-order valence-corrected chi connectivity index (χ2v) is 5.34. The number of amides is 3. The van der Waals surface area contributed by atoms with Crippen LogP contribution in [0.25, 0.3) is 0 Å². The van der Waals surface area contributed by atoms with Crippen LogP contribution in [-0.2, 0) is 17.8 Å². The van der Waals surface area contributed by atoms with Crippen molar-refractivity contribution in [2.75, 3.05) is 6.54 Å². The molecule has 0 aliphatic carbocycles. The van der Waals surface area contributed by atoms with E-state index < -0.39 is 12.1 Å². The Kier molecular flexibility index (Phi) is 6.64. The summed E-state index contributed by atoms with van der Waals surface area (Å²) in [6.45, 7) is 0.415. The highest BCUT2D eigenvalue weighted by molar-refractivity contribution is 5.72. The van der Waals surface area contributed by atoms with E-state index in [0.29, 0.717) is 6.42 Å². The molecule has 24 heavy (non-hydrogen) atoms. The van der Waals surface area contributed by atoms with Gasteiger partial charge in [-0.2, -0.15) is 0 Å². The molecule has 2 rings (SSSR count). The lowest BCUT2D eigenvalue weighted by atomic mass is 10.1. The van der Waals surface area contributed by atoms with Gasteiger partial charge in [0.1, 0.15) is 6.61 Å². The van der Waals surface area contributed by atoms with E-state index in [-0.39, 0.29) is 19.2 Å². The molecule has 0 spiro atoms. The SMILES string of the molecule is NC(=O)NC[C@@H](Cc1ccccc1)NC(=O)OCc1ccccc1. The fraction of sp³-hybridized carbons (Fsp3) is 0.222. The Labute approximate surface area is 141 Å². The van der Waals surface area contributed by atoms with Crippen molar-refractivity contribution < 1.29 is 14.3 Å². The monoisotopic (exact) mass is 327 g/mol. The molecular weight excluding hydrogens is 306 g/mol. The van der Waals surface area contributed by atoms with E-state index in [4.69, 9.17) is 10.5 Å². The van der Waals surface area contributed by atoms with Crippen LogP contribution >= 0.6 is 0 Å². The molecule has 2 aromatic rings. The van der Waals surface area contributed by atoms with Gasteiger partial charge in [-0.1, -0.05) is 60.7 Å². The lowest BCUT2D eigenvalue weighted by Crippen LogP contribution is -2.46. The van der Waals surface area contributed by atoms with Crippen LogP contribution in [0.5, 0.6) is 0 Å². The molecule has 0 aromatic heterocycles. The van der Waals surface area contributed by atoms with Crippen molar-refractivity contribution in [3.05, 3.63) is 71.8 Å². The zero-order chi connectivity index (χ0) is 17.2. The summed E-state index contributed by atoms with van der Waals surface area (Å²) < 4.78 is 5.21. The van der Waals surface area contributed by atoms with Gasteiger partial charge in [0.15, 0.2) is 0 Å². The normalized spacial score (nSPS) is 11.3. The second-order valence-electron chi connectivity index (χ2n) is 5.34. The van der Waals surface area contributed by atoms with Gasteiger partial charge in [-0.3, -0.25) is 0 Å². The molecule has 0 unspecified atom stereocenters. The third-order valence-electron chi connectivity index (χ3n) is 3.38. The molecule has 6 heteroatoms. The van der Waals surface area contributed by atoms with Crippen molar-refractivity contribution in [1.82, 2.24) is 10.6 Å². The van der Waals surface area contributed by atoms with E-state index >= 15 is 0 Å². The standard InChI is InChI=1S/C18H21N3O3/c19-17(22)20-12-16(11-14-7-3-1-4-8-14)21-18(23)24-13-15-9-5-2-6-10-15/h1-10,16H,11-13H2,(H,21,23)(H3,19,20,22)/t16-/m1/s1. The highest BCUT2D eigenvalue weighted by atomic mass is 16.5. The maximum absolute atomic E-state index is 12.0. The fourth-order valence-electron chi connectivity index (χ4n) is 2.23. The molecule has 0 aliphatic rings. The molecule has 126 valence electrons.